The summed E-state index contributed by atoms with van der Waals surface area (Å²) >= 11 is 3.50. The summed E-state index contributed by atoms with van der Waals surface area (Å²) in [5.41, 5.74) is 2.44. The molecule has 1 aromatic carbocycles. The van der Waals surface area contributed by atoms with Crippen LogP contribution in [0.4, 0.5) is 5.69 Å². The SMILES string of the molecule is CCNc1ccc(C(=O)N(C)Cc2ccccc2Br)nc1. The van der Waals surface area contributed by atoms with Crippen molar-refractivity contribution in [2.45, 2.75) is 13.5 Å². The first-order chi connectivity index (χ1) is 10.1. The summed E-state index contributed by atoms with van der Waals surface area (Å²) in [4.78, 5) is 18.2. The molecular formula is C16H18BrN3O. The fourth-order valence-electron chi connectivity index (χ4n) is 1.98. The van der Waals surface area contributed by atoms with Crippen molar-refractivity contribution < 1.29 is 4.79 Å². The molecule has 0 aliphatic rings. The molecule has 0 saturated heterocycles. The maximum atomic E-state index is 12.4. The maximum Gasteiger partial charge on any atom is 0.272 e. The molecule has 21 heavy (non-hydrogen) atoms. The fraction of sp³-hybridized carbons (Fsp3) is 0.250. The lowest BCUT2D eigenvalue weighted by atomic mass is 10.2. The highest BCUT2D eigenvalue weighted by Gasteiger charge is 2.14. The van der Waals surface area contributed by atoms with Crippen molar-refractivity contribution in [3.05, 3.63) is 58.3 Å². The fourth-order valence-corrected chi connectivity index (χ4v) is 2.39. The predicted octanol–water partition coefficient (Wildman–Crippen LogP) is 3.55. The lowest BCUT2D eigenvalue weighted by molar-refractivity contribution is 0.0779. The van der Waals surface area contributed by atoms with Gasteiger partial charge in [-0.2, -0.15) is 0 Å². The molecule has 0 bridgehead atoms. The largest absolute Gasteiger partial charge is 0.384 e. The Morgan fingerprint density at radius 2 is 2.05 bits per heavy atom. The first kappa shape index (κ1) is 15.5. The van der Waals surface area contributed by atoms with Gasteiger partial charge >= 0.3 is 0 Å². The van der Waals surface area contributed by atoms with Crippen molar-refractivity contribution in [2.24, 2.45) is 0 Å². The van der Waals surface area contributed by atoms with Crippen LogP contribution in [0, 0.1) is 0 Å². The number of hydrogen-bond donors (Lipinski definition) is 1. The van der Waals surface area contributed by atoms with Gasteiger partial charge in [0.1, 0.15) is 5.69 Å². The molecule has 1 heterocycles. The normalized spacial score (nSPS) is 10.2. The molecule has 110 valence electrons. The minimum absolute atomic E-state index is 0.0891. The number of pyridine rings is 1. The molecular weight excluding hydrogens is 330 g/mol. The van der Waals surface area contributed by atoms with E-state index in [1.54, 1.807) is 24.2 Å². The summed E-state index contributed by atoms with van der Waals surface area (Å²) in [6.07, 6.45) is 1.68. The van der Waals surface area contributed by atoms with Crippen LogP contribution < -0.4 is 5.32 Å². The second-order valence-corrected chi connectivity index (χ2v) is 5.57. The summed E-state index contributed by atoms with van der Waals surface area (Å²) in [6.45, 7) is 3.39. The van der Waals surface area contributed by atoms with Crippen LogP contribution in [0.2, 0.25) is 0 Å². The molecule has 0 spiro atoms. The second-order valence-electron chi connectivity index (χ2n) is 4.72. The van der Waals surface area contributed by atoms with E-state index in [1.165, 1.54) is 0 Å². The Morgan fingerprint density at radius 3 is 2.67 bits per heavy atom. The van der Waals surface area contributed by atoms with Gasteiger partial charge in [0.25, 0.3) is 5.91 Å². The number of rotatable bonds is 5. The van der Waals surface area contributed by atoms with E-state index in [9.17, 15) is 4.79 Å². The van der Waals surface area contributed by atoms with Crippen molar-refractivity contribution >= 4 is 27.5 Å². The van der Waals surface area contributed by atoms with Gasteiger partial charge in [0.15, 0.2) is 0 Å². The lowest BCUT2D eigenvalue weighted by Gasteiger charge is -2.17. The van der Waals surface area contributed by atoms with E-state index < -0.39 is 0 Å². The quantitative estimate of drug-likeness (QED) is 0.899. The van der Waals surface area contributed by atoms with Crippen molar-refractivity contribution in [3.8, 4) is 0 Å². The molecule has 5 heteroatoms. The molecule has 0 radical (unpaired) electrons. The topological polar surface area (TPSA) is 45.2 Å². The lowest BCUT2D eigenvalue weighted by Crippen LogP contribution is -2.27. The average Bonchev–Trinajstić information content (AvgIpc) is 2.50. The maximum absolute atomic E-state index is 12.4. The van der Waals surface area contributed by atoms with E-state index in [0.29, 0.717) is 12.2 Å². The Morgan fingerprint density at radius 1 is 1.29 bits per heavy atom. The van der Waals surface area contributed by atoms with Crippen molar-refractivity contribution in [1.29, 1.82) is 0 Å². The van der Waals surface area contributed by atoms with Gasteiger partial charge in [0, 0.05) is 24.6 Å². The van der Waals surface area contributed by atoms with E-state index in [4.69, 9.17) is 0 Å². The molecule has 4 nitrogen and oxygen atoms in total. The van der Waals surface area contributed by atoms with Gasteiger partial charge in [0.05, 0.1) is 11.9 Å². The number of nitrogens with zero attached hydrogens (tertiary/aromatic N) is 2. The molecule has 0 unspecified atom stereocenters. The zero-order chi connectivity index (χ0) is 15.2. The number of carbonyl (C=O) groups excluding carboxylic acids is 1. The number of hydrogen-bond acceptors (Lipinski definition) is 3. The summed E-state index contributed by atoms with van der Waals surface area (Å²) in [5.74, 6) is -0.0891. The van der Waals surface area contributed by atoms with Crippen molar-refractivity contribution in [3.63, 3.8) is 0 Å². The van der Waals surface area contributed by atoms with Gasteiger partial charge < -0.3 is 10.2 Å². The van der Waals surface area contributed by atoms with E-state index in [0.717, 1.165) is 22.3 Å². The highest BCUT2D eigenvalue weighted by molar-refractivity contribution is 9.10. The highest BCUT2D eigenvalue weighted by atomic mass is 79.9. The van der Waals surface area contributed by atoms with Crippen LogP contribution in [-0.2, 0) is 6.54 Å². The smallest absolute Gasteiger partial charge is 0.272 e. The van der Waals surface area contributed by atoms with Crippen molar-refractivity contribution in [2.75, 3.05) is 18.9 Å². The molecule has 0 fully saturated rings. The number of anilines is 1. The molecule has 2 aromatic rings. The van der Waals surface area contributed by atoms with Crippen LogP contribution in [0.15, 0.2) is 47.1 Å². The van der Waals surface area contributed by atoms with Gasteiger partial charge in [-0.05, 0) is 30.7 Å². The summed E-state index contributed by atoms with van der Waals surface area (Å²) in [5, 5.41) is 3.16. The number of carbonyl (C=O) groups is 1. The molecule has 0 aliphatic carbocycles. The first-order valence-electron chi connectivity index (χ1n) is 6.80. The van der Waals surface area contributed by atoms with Crippen molar-refractivity contribution in [1.82, 2.24) is 9.88 Å². The number of nitrogens with one attached hydrogen (secondary N) is 1. The number of amides is 1. The number of aromatic nitrogens is 1. The average molecular weight is 348 g/mol. The number of halogens is 1. The van der Waals surface area contributed by atoms with Gasteiger partial charge in [-0.1, -0.05) is 34.1 Å². The van der Waals surface area contributed by atoms with E-state index in [2.05, 4.69) is 26.2 Å². The molecule has 1 N–H and O–H groups in total. The Balaban J connectivity index is 2.07. The summed E-state index contributed by atoms with van der Waals surface area (Å²) in [6, 6.07) is 11.5. The molecule has 0 saturated carbocycles. The molecule has 0 atom stereocenters. The molecule has 1 amide bonds. The van der Waals surface area contributed by atoms with Crippen LogP contribution in [0.1, 0.15) is 23.0 Å². The third-order valence-corrected chi connectivity index (χ3v) is 3.85. The van der Waals surface area contributed by atoms with Crippen LogP contribution in [0.3, 0.4) is 0 Å². The van der Waals surface area contributed by atoms with Gasteiger partial charge in [-0.3, -0.25) is 4.79 Å². The first-order valence-corrected chi connectivity index (χ1v) is 7.60. The van der Waals surface area contributed by atoms with Gasteiger partial charge in [0.2, 0.25) is 0 Å². The Hall–Kier alpha value is -1.88. The Labute approximate surface area is 133 Å². The van der Waals surface area contributed by atoms with E-state index >= 15 is 0 Å². The molecule has 0 aliphatic heterocycles. The Kier molecular flexibility index (Phi) is 5.33. The van der Waals surface area contributed by atoms with Crippen LogP contribution in [0.5, 0.6) is 0 Å². The Bertz CT molecular complexity index is 613. The monoisotopic (exact) mass is 347 g/mol. The predicted molar refractivity (Wildman–Crippen MR) is 88.3 cm³/mol. The molecule has 2 rings (SSSR count). The molecule has 1 aromatic heterocycles. The number of benzene rings is 1. The summed E-state index contributed by atoms with van der Waals surface area (Å²) in [7, 11) is 1.78. The minimum Gasteiger partial charge on any atom is -0.384 e. The third-order valence-electron chi connectivity index (χ3n) is 3.08. The standard InChI is InChI=1S/C16H18BrN3O/c1-3-18-13-8-9-15(19-10-13)16(21)20(2)11-12-6-4-5-7-14(12)17/h4-10,18H,3,11H2,1-2H3. The van der Waals surface area contributed by atoms with E-state index in [-0.39, 0.29) is 5.91 Å². The van der Waals surface area contributed by atoms with Crippen LogP contribution in [0.25, 0.3) is 0 Å². The van der Waals surface area contributed by atoms with Crippen LogP contribution >= 0.6 is 15.9 Å². The van der Waals surface area contributed by atoms with Gasteiger partial charge in [-0.25, -0.2) is 4.98 Å². The van der Waals surface area contributed by atoms with Crippen LogP contribution in [-0.4, -0.2) is 29.4 Å². The van der Waals surface area contributed by atoms with E-state index in [1.807, 2.05) is 37.3 Å². The van der Waals surface area contributed by atoms with Gasteiger partial charge in [-0.15, -0.1) is 0 Å². The minimum atomic E-state index is -0.0891. The highest BCUT2D eigenvalue weighted by Crippen LogP contribution is 2.18. The third kappa shape index (κ3) is 4.04. The second kappa shape index (κ2) is 7.22. The zero-order valence-electron chi connectivity index (χ0n) is 12.1. The summed E-state index contributed by atoms with van der Waals surface area (Å²) < 4.78 is 1.00. The zero-order valence-corrected chi connectivity index (χ0v) is 13.7.